The van der Waals surface area contributed by atoms with Crippen LogP contribution >= 0.6 is 0 Å². The van der Waals surface area contributed by atoms with E-state index >= 15 is 0 Å². The lowest BCUT2D eigenvalue weighted by Crippen LogP contribution is -2.42. The van der Waals surface area contributed by atoms with E-state index in [2.05, 4.69) is 10.4 Å². The van der Waals surface area contributed by atoms with Gasteiger partial charge in [0.1, 0.15) is 0 Å². The number of hydrogen-bond acceptors (Lipinski definition) is 3. The Labute approximate surface area is 113 Å². The first-order valence-electron chi connectivity index (χ1n) is 6.17. The SMILES string of the molecule is CN(C)C(=O)NCC(=O)N(C)CCCn1cccn1. The van der Waals surface area contributed by atoms with Crippen LogP contribution in [0, 0.1) is 0 Å². The van der Waals surface area contributed by atoms with Crippen LogP contribution in [-0.4, -0.2) is 65.8 Å². The average Bonchev–Trinajstić information content (AvgIpc) is 2.88. The summed E-state index contributed by atoms with van der Waals surface area (Å²) in [4.78, 5) is 26.0. The number of rotatable bonds is 6. The van der Waals surface area contributed by atoms with Crippen molar-refractivity contribution in [1.82, 2.24) is 24.9 Å². The van der Waals surface area contributed by atoms with Gasteiger partial charge in [0.15, 0.2) is 0 Å². The first-order chi connectivity index (χ1) is 9.00. The first kappa shape index (κ1) is 15.0. The van der Waals surface area contributed by atoms with E-state index in [1.165, 1.54) is 4.90 Å². The van der Waals surface area contributed by atoms with Gasteiger partial charge < -0.3 is 15.1 Å². The van der Waals surface area contributed by atoms with Gasteiger partial charge >= 0.3 is 6.03 Å². The molecule has 106 valence electrons. The topological polar surface area (TPSA) is 70.5 Å². The lowest BCUT2D eigenvalue weighted by Gasteiger charge is -2.18. The molecular weight excluding hydrogens is 246 g/mol. The summed E-state index contributed by atoms with van der Waals surface area (Å²) in [5.74, 6) is -0.101. The van der Waals surface area contributed by atoms with Crippen LogP contribution in [0.1, 0.15) is 6.42 Å². The number of carbonyl (C=O) groups is 2. The highest BCUT2D eigenvalue weighted by atomic mass is 16.2. The standard InChI is InChI=1S/C12H21N5O2/c1-15(2)12(19)13-10-11(18)16(3)7-5-9-17-8-4-6-14-17/h4,6,8H,5,7,9-10H2,1-3H3,(H,13,19). The molecule has 7 nitrogen and oxygen atoms in total. The van der Waals surface area contributed by atoms with Crippen molar-refractivity contribution >= 4 is 11.9 Å². The number of nitrogens with one attached hydrogen (secondary N) is 1. The largest absolute Gasteiger partial charge is 0.344 e. The zero-order valence-electron chi connectivity index (χ0n) is 11.7. The molecule has 0 atom stereocenters. The van der Waals surface area contributed by atoms with Crippen molar-refractivity contribution in [2.24, 2.45) is 0 Å². The van der Waals surface area contributed by atoms with Gasteiger partial charge in [-0.3, -0.25) is 9.48 Å². The lowest BCUT2D eigenvalue weighted by atomic mass is 10.4. The summed E-state index contributed by atoms with van der Waals surface area (Å²) < 4.78 is 1.83. The maximum Gasteiger partial charge on any atom is 0.317 e. The molecule has 0 saturated carbocycles. The van der Waals surface area contributed by atoms with Gasteiger partial charge in [0, 0.05) is 46.6 Å². The maximum atomic E-state index is 11.7. The summed E-state index contributed by atoms with van der Waals surface area (Å²) >= 11 is 0. The van der Waals surface area contributed by atoms with E-state index in [4.69, 9.17) is 0 Å². The van der Waals surface area contributed by atoms with Gasteiger partial charge in [-0.05, 0) is 12.5 Å². The molecule has 0 aliphatic carbocycles. The molecule has 0 aliphatic heterocycles. The quantitative estimate of drug-likeness (QED) is 0.789. The molecule has 19 heavy (non-hydrogen) atoms. The van der Waals surface area contributed by atoms with Crippen LogP contribution in [0.2, 0.25) is 0 Å². The normalized spacial score (nSPS) is 10.1. The number of aryl methyl sites for hydroxylation is 1. The minimum Gasteiger partial charge on any atom is -0.344 e. The van der Waals surface area contributed by atoms with E-state index in [1.807, 2.05) is 16.9 Å². The molecule has 7 heteroatoms. The highest BCUT2D eigenvalue weighted by Gasteiger charge is 2.10. The molecule has 0 fully saturated rings. The van der Waals surface area contributed by atoms with E-state index in [0.29, 0.717) is 6.54 Å². The molecule has 3 amide bonds. The monoisotopic (exact) mass is 267 g/mol. The molecule has 1 aromatic heterocycles. The van der Waals surface area contributed by atoms with Crippen molar-refractivity contribution in [2.45, 2.75) is 13.0 Å². The summed E-state index contributed by atoms with van der Waals surface area (Å²) in [5, 5.41) is 6.63. The molecule has 0 radical (unpaired) electrons. The van der Waals surface area contributed by atoms with E-state index < -0.39 is 0 Å². The van der Waals surface area contributed by atoms with Crippen LogP contribution in [0.4, 0.5) is 4.79 Å². The number of hydrogen-bond donors (Lipinski definition) is 1. The molecule has 0 bridgehead atoms. The third-order valence-corrected chi connectivity index (χ3v) is 2.66. The Kier molecular flexibility index (Phi) is 5.84. The van der Waals surface area contributed by atoms with E-state index in [1.54, 1.807) is 32.2 Å². The highest BCUT2D eigenvalue weighted by molar-refractivity contribution is 5.83. The zero-order valence-corrected chi connectivity index (χ0v) is 11.7. The predicted octanol–water partition coefficient (Wildman–Crippen LogP) is 0.00280. The second-order valence-electron chi connectivity index (χ2n) is 4.49. The third-order valence-electron chi connectivity index (χ3n) is 2.66. The Morgan fingerprint density at radius 1 is 1.32 bits per heavy atom. The lowest BCUT2D eigenvalue weighted by molar-refractivity contribution is -0.128. The van der Waals surface area contributed by atoms with Crippen LogP contribution in [0.15, 0.2) is 18.5 Å². The fourth-order valence-electron chi connectivity index (χ4n) is 1.47. The number of amides is 3. The van der Waals surface area contributed by atoms with Crippen LogP contribution in [-0.2, 0) is 11.3 Å². The molecule has 1 heterocycles. The maximum absolute atomic E-state index is 11.7. The van der Waals surface area contributed by atoms with Crippen molar-refractivity contribution in [2.75, 3.05) is 34.2 Å². The highest BCUT2D eigenvalue weighted by Crippen LogP contribution is 1.93. The van der Waals surface area contributed by atoms with Crippen LogP contribution in [0.5, 0.6) is 0 Å². The zero-order chi connectivity index (χ0) is 14.3. The molecule has 0 saturated heterocycles. The second kappa shape index (κ2) is 7.40. The number of likely N-dealkylation sites (N-methyl/N-ethyl adjacent to an activating group) is 1. The minimum atomic E-state index is -0.265. The van der Waals surface area contributed by atoms with Crippen molar-refractivity contribution in [3.8, 4) is 0 Å². The fourth-order valence-corrected chi connectivity index (χ4v) is 1.47. The van der Waals surface area contributed by atoms with Gasteiger partial charge in [-0.2, -0.15) is 5.10 Å². The molecule has 0 spiro atoms. The molecule has 1 N–H and O–H groups in total. The number of urea groups is 1. The van der Waals surface area contributed by atoms with Crippen LogP contribution < -0.4 is 5.32 Å². The smallest absolute Gasteiger partial charge is 0.317 e. The minimum absolute atomic E-state index is 0.0231. The van der Waals surface area contributed by atoms with Crippen molar-refractivity contribution in [1.29, 1.82) is 0 Å². The molecule has 1 aromatic rings. The Hall–Kier alpha value is -2.05. The molecule has 0 aliphatic rings. The predicted molar refractivity (Wildman–Crippen MR) is 71.6 cm³/mol. The van der Waals surface area contributed by atoms with Gasteiger partial charge in [-0.1, -0.05) is 0 Å². The molecule has 0 unspecified atom stereocenters. The van der Waals surface area contributed by atoms with Gasteiger partial charge in [0.05, 0.1) is 6.54 Å². The number of aromatic nitrogens is 2. The molecule has 1 rings (SSSR count). The summed E-state index contributed by atoms with van der Waals surface area (Å²) in [5.41, 5.74) is 0. The van der Waals surface area contributed by atoms with Gasteiger partial charge in [-0.15, -0.1) is 0 Å². The second-order valence-corrected chi connectivity index (χ2v) is 4.49. The van der Waals surface area contributed by atoms with Crippen molar-refractivity contribution in [3.63, 3.8) is 0 Å². The van der Waals surface area contributed by atoms with Gasteiger partial charge in [0.2, 0.25) is 5.91 Å². The fraction of sp³-hybridized carbons (Fsp3) is 0.583. The Morgan fingerprint density at radius 3 is 2.63 bits per heavy atom. The summed E-state index contributed by atoms with van der Waals surface area (Å²) in [6, 6.07) is 1.60. The van der Waals surface area contributed by atoms with Crippen LogP contribution in [0.25, 0.3) is 0 Å². The van der Waals surface area contributed by atoms with Crippen molar-refractivity contribution in [3.05, 3.63) is 18.5 Å². The molecular formula is C12H21N5O2. The van der Waals surface area contributed by atoms with Gasteiger partial charge in [-0.25, -0.2) is 4.79 Å². The Bertz CT molecular complexity index is 402. The first-order valence-corrected chi connectivity index (χ1v) is 6.17. The Morgan fingerprint density at radius 2 is 2.05 bits per heavy atom. The summed E-state index contributed by atoms with van der Waals surface area (Å²) in [7, 11) is 4.99. The van der Waals surface area contributed by atoms with Gasteiger partial charge in [0.25, 0.3) is 0 Å². The van der Waals surface area contributed by atoms with Crippen molar-refractivity contribution < 1.29 is 9.59 Å². The third kappa shape index (κ3) is 5.41. The summed E-state index contributed by atoms with van der Waals surface area (Å²) in [6.45, 7) is 1.43. The number of carbonyl (C=O) groups excluding carboxylic acids is 2. The van der Waals surface area contributed by atoms with Crippen LogP contribution in [0.3, 0.4) is 0 Å². The van der Waals surface area contributed by atoms with E-state index in [0.717, 1.165) is 13.0 Å². The Balaban J connectivity index is 2.19. The van der Waals surface area contributed by atoms with E-state index in [9.17, 15) is 9.59 Å². The molecule has 0 aromatic carbocycles. The summed E-state index contributed by atoms with van der Waals surface area (Å²) in [6.07, 6.45) is 4.44. The van der Waals surface area contributed by atoms with E-state index in [-0.39, 0.29) is 18.5 Å². The number of nitrogens with zero attached hydrogens (tertiary/aromatic N) is 4. The average molecular weight is 267 g/mol.